The first-order valence-corrected chi connectivity index (χ1v) is 14.2. The minimum Gasteiger partial charge on any atom is -0.384 e. The Morgan fingerprint density at radius 3 is 2.70 bits per heavy atom. The van der Waals surface area contributed by atoms with Gasteiger partial charge in [0.1, 0.15) is 17.2 Å². The summed E-state index contributed by atoms with van der Waals surface area (Å²) in [5, 5.41) is 15.6. The Hall–Kier alpha value is -5.16. The SMILES string of the molecule is CN(C)CCNc1cc(F)cc(-c2ccnc3[nH]c(-c4n[nH]c5cnc(-c6cncc(NC(=O)C7CC7)c6)cc45)cc23)c1. The molecule has 5 aromatic heterocycles. The van der Waals surface area contributed by atoms with E-state index in [9.17, 15) is 9.18 Å². The van der Waals surface area contributed by atoms with Crippen LogP contribution in [0.2, 0.25) is 0 Å². The van der Waals surface area contributed by atoms with E-state index in [0.717, 1.165) is 63.7 Å². The van der Waals surface area contributed by atoms with Gasteiger partial charge < -0.3 is 20.5 Å². The van der Waals surface area contributed by atoms with Crippen molar-refractivity contribution in [2.45, 2.75) is 12.8 Å². The topological polar surface area (TPSA) is 128 Å². The number of aromatic nitrogens is 6. The van der Waals surface area contributed by atoms with Crippen LogP contribution < -0.4 is 10.6 Å². The van der Waals surface area contributed by atoms with E-state index in [2.05, 4.69) is 45.7 Å². The van der Waals surface area contributed by atoms with E-state index in [0.29, 0.717) is 29.3 Å². The molecule has 11 heteroatoms. The highest BCUT2D eigenvalue weighted by atomic mass is 19.1. The lowest BCUT2D eigenvalue weighted by atomic mass is 10.0. The highest BCUT2D eigenvalue weighted by molar-refractivity contribution is 6.00. The number of pyridine rings is 3. The van der Waals surface area contributed by atoms with Gasteiger partial charge in [-0.05, 0) is 80.5 Å². The Kier molecular flexibility index (Phi) is 6.78. The molecule has 7 rings (SSSR count). The molecule has 0 aliphatic heterocycles. The van der Waals surface area contributed by atoms with Crippen LogP contribution in [-0.2, 0) is 4.79 Å². The van der Waals surface area contributed by atoms with E-state index in [4.69, 9.17) is 0 Å². The molecule has 1 aliphatic rings. The monoisotopic (exact) mass is 575 g/mol. The zero-order valence-corrected chi connectivity index (χ0v) is 23.8. The molecule has 0 bridgehead atoms. The summed E-state index contributed by atoms with van der Waals surface area (Å²) in [4.78, 5) is 31.2. The van der Waals surface area contributed by atoms with Crippen LogP contribution in [0.4, 0.5) is 15.8 Å². The molecule has 0 atom stereocenters. The van der Waals surface area contributed by atoms with E-state index in [-0.39, 0.29) is 17.6 Å². The molecule has 1 fully saturated rings. The molecule has 1 amide bonds. The minimum absolute atomic E-state index is 0.0290. The molecular weight excluding hydrogens is 545 g/mol. The number of hydrogen-bond donors (Lipinski definition) is 4. The Morgan fingerprint density at radius 1 is 1.00 bits per heavy atom. The van der Waals surface area contributed by atoms with Crippen LogP contribution in [0.1, 0.15) is 12.8 Å². The molecule has 0 saturated heterocycles. The van der Waals surface area contributed by atoms with E-state index in [1.165, 1.54) is 12.1 Å². The van der Waals surface area contributed by atoms with Crippen LogP contribution in [-0.4, -0.2) is 68.1 Å². The molecule has 0 spiro atoms. The normalized spacial score (nSPS) is 13.2. The number of halogens is 1. The number of carbonyl (C=O) groups excluding carboxylic acids is 1. The second-order valence-corrected chi connectivity index (χ2v) is 11.2. The van der Waals surface area contributed by atoms with Crippen LogP contribution in [0.25, 0.3) is 55.7 Å². The van der Waals surface area contributed by atoms with Gasteiger partial charge in [0.05, 0.1) is 35.0 Å². The van der Waals surface area contributed by atoms with Crippen molar-refractivity contribution >= 4 is 39.2 Å². The van der Waals surface area contributed by atoms with E-state index in [1.807, 2.05) is 44.4 Å². The number of nitrogens with zero attached hydrogens (tertiary/aromatic N) is 5. The van der Waals surface area contributed by atoms with Gasteiger partial charge in [0, 0.05) is 53.4 Å². The predicted octanol–water partition coefficient (Wildman–Crippen LogP) is 5.69. The Morgan fingerprint density at radius 2 is 1.86 bits per heavy atom. The fourth-order valence-electron chi connectivity index (χ4n) is 5.20. The van der Waals surface area contributed by atoms with Gasteiger partial charge in [-0.15, -0.1) is 0 Å². The zero-order chi connectivity index (χ0) is 29.5. The fourth-order valence-corrected chi connectivity index (χ4v) is 5.20. The fraction of sp³-hybridized carbons (Fsp3) is 0.219. The van der Waals surface area contributed by atoms with Crippen LogP contribution in [0.15, 0.2) is 67.3 Å². The average molecular weight is 576 g/mol. The largest absolute Gasteiger partial charge is 0.384 e. The van der Waals surface area contributed by atoms with Gasteiger partial charge in [0.15, 0.2) is 0 Å². The summed E-state index contributed by atoms with van der Waals surface area (Å²) in [7, 11) is 4.00. The minimum atomic E-state index is -0.311. The number of likely N-dealkylation sites (N-methyl/N-ethyl adjacent to an activating group) is 1. The quantitative estimate of drug-likeness (QED) is 0.174. The number of anilines is 2. The molecule has 1 aromatic carbocycles. The number of hydrogen-bond acceptors (Lipinski definition) is 7. The zero-order valence-electron chi connectivity index (χ0n) is 23.8. The summed E-state index contributed by atoms with van der Waals surface area (Å²) >= 11 is 0. The smallest absolute Gasteiger partial charge is 0.227 e. The lowest BCUT2D eigenvalue weighted by Gasteiger charge is -2.13. The third kappa shape index (κ3) is 5.54. The summed E-state index contributed by atoms with van der Waals surface area (Å²) in [6.45, 7) is 1.54. The number of nitrogens with one attached hydrogen (secondary N) is 4. The van der Waals surface area contributed by atoms with Gasteiger partial charge in [-0.25, -0.2) is 9.37 Å². The maximum Gasteiger partial charge on any atom is 0.227 e. The second kappa shape index (κ2) is 10.9. The third-order valence-corrected chi connectivity index (χ3v) is 7.58. The van der Waals surface area contributed by atoms with Gasteiger partial charge in [-0.3, -0.25) is 19.9 Å². The first-order valence-electron chi connectivity index (χ1n) is 14.2. The van der Waals surface area contributed by atoms with E-state index < -0.39 is 0 Å². The molecule has 0 unspecified atom stereocenters. The van der Waals surface area contributed by atoms with Crippen LogP contribution in [0.3, 0.4) is 0 Å². The molecule has 1 aliphatic carbocycles. The van der Waals surface area contributed by atoms with Crippen LogP contribution in [0.5, 0.6) is 0 Å². The number of amides is 1. The Labute approximate surface area is 246 Å². The molecule has 4 N–H and O–H groups in total. The molecule has 1 saturated carbocycles. The molecular formula is C32H30FN9O. The van der Waals surface area contributed by atoms with E-state index in [1.54, 1.807) is 24.8 Å². The third-order valence-electron chi connectivity index (χ3n) is 7.58. The van der Waals surface area contributed by atoms with Crippen molar-refractivity contribution in [2.75, 3.05) is 37.8 Å². The molecule has 216 valence electrons. The van der Waals surface area contributed by atoms with Gasteiger partial charge in [-0.2, -0.15) is 5.10 Å². The van der Waals surface area contributed by atoms with Crippen molar-refractivity contribution in [3.05, 3.63) is 73.1 Å². The number of carbonyl (C=O) groups is 1. The lowest BCUT2D eigenvalue weighted by molar-refractivity contribution is -0.117. The van der Waals surface area contributed by atoms with E-state index >= 15 is 0 Å². The van der Waals surface area contributed by atoms with Crippen LogP contribution >= 0.6 is 0 Å². The van der Waals surface area contributed by atoms with Crippen molar-refractivity contribution < 1.29 is 9.18 Å². The maximum absolute atomic E-state index is 14.7. The van der Waals surface area contributed by atoms with Crippen molar-refractivity contribution in [1.29, 1.82) is 0 Å². The molecule has 43 heavy (non-hydrogen) atoms. The molecule has 5 heterocycles. The summed E-state index contributed by atoms with van der Waals surface area (Å²) in [6, 6.07) is 12.7. The summed E-state index contributed by atoms with van der Waals surface area (Å²) in [5.41, 5.74) is 7.39. The average Bonchev–Trinajstić information content (AvgIpc) is 3.62. The summed E-state index contributed by atoms with van der Waals surface area (Å²) in [5.74, 6) is -0.179. The Bertz CT molecular complexity index is 1980. The maximum atomic E-state index is 14.7. The van der Waals surface area contributed by atoms with Gasteiger partial charge >= 0.3 is 0 Å². The van der Waals surface area contributed by atoms with Gasteiger partial charge in [-0.1, -0.05) is 0 Å². The first-order chi connectivity index (χ1) is 20.9. The molecule has 10 nitrogen and oxygen atoms in total. The summed E-state index contributed by atoms with van der Waals surface area (Å²) < 4.78 is 14.7. The number of rotatable bonds is 9. The number of aromatic amines is 2. The molecule has 6 aromatic rings. The predicted molar refractivity (Wildman–Crippen MR) is 166 cm³/mol. The lowest BCUT2D eigenvalue weighted by Crippen LogP contribution is -2.20. The molecule has 0 radical (unpaired) electrons. The second-order valence-electron chi connectivity index (χ2n) is 11.2. The van der Waals surface area contributed by atoms with Gasteiger partial charge in [0.2, 0.25) is 5.91 Å². The number of fused-ring (bicyclic) bond motifs is 2. The highest BCUT2D eigenvalue weighted by Gasteiger charge is 2.29. The highest BCUT2D eigenvalue weighted by Crippen LogP contribution is 2.35. The van der Waals surface area contributed by atoms with Crippen molar-refractivity contribution in [2.24, 2.45) is 5.92 Å². The number of H-pyrrole nitrogens is 2. The Balaban J connectivity index is 1.23. The first kappa shape index (κ1) is 26.7. The van der Waals surface area contributed by atoms with Crippen molar-refractivity contribution in [3.63, 3.8) is 0 Å². The van der Waals surface area contributed by atoms with Crippen molar-refractivity contribution in [1.82, 2.24) is 35.0 Å². The van der Waals surface area contributed by atoms with Crippen LogP contribution in [0, 0.1) is 11.7 Å². The summed E-state index contributed by atoms with van der Waals surface area (Å²) in [6.07, 6.45) is 8.69. The standard InChI is InChI=1S/C32H30FN9O/c1-42(2)8-7-35-22-10-19(9-21(33)12-22)24-5-6-36-31-25(24)13-28(39-31)30-26-14-27(37-17-29(26)40-41-30)20-11-23(16-34-15-20)38-32(43)18-3-4-18/h5-6,9-18,35H,3-4,7-8H2,1-2H3,(H,36,39)(H,38,43)(H,40,41). The van der Waals surface area contributed by atoms with Crippen molar-refractivity contribution in [3.8, 4) is 33.8 Å². The van der Waals surface area contributed by atoms with Gasteiger partial charge in [0.25, 0.3) is 0 Å². The number of benzene rings is 1.